The molecule has 1 aromatic heterocycles. The molecule has 0 fully saturated rings. The van der Waals surface area contributed by atoms with Gasteiger partial charge in [-0.05, 0) is 59.2 Å². The summed E-state index contributed by atoms with van der Waals surface area (Å²) in [4.78, 5) is 4.04. The van der Waals surface area contributed by atoms with E-state index < -0.39 is 0 Å². The van der Waals surface area contributed by atoms with Gasteiger partial charge in [-0.15, -0.1) is 0 Å². The number of anilines is 1. The Morgan fingerprint density at radius 2 is 1.50 bits per heavy atom. The van der Waals surface area contributed by atoms with Gasteiger partial charge in [0.05, 0.1) is 18.1 Å². The first kappa shape index (κ1) is 22.9. The van der Waals surface area contributed by atoms with Crippen LogP contribution in [0.4, 0.5) is 5.69 Å². The summed E-state index contributed by atoms with van der Waals surface area (Å²) in [6.45, 7) is 0.881. The minimum absolute atomic E-state index is 0.368. The Balaban J connectivity index is 1.43. The molecular weight excluding hydrogens is 444 g/mol. The van der Waals surface area contributed by atoms with Crippen LogP contribution >= 0.6 is 12.2 Å². The average Bonchev–Trinajstić information content (AvgIpc) is 2.88. The fraction of sp³-hybridized carbons (Fsp3) is 0.0741. The third-order valence-electron chi connectivity index (χ3n) is 4.74. The Morgan fingerprint density at radius 1 is 0.824 bits per heavy atom. The number of rotatable bonds is 9. The lowest BCUT2D eigenvalue weighted by Gasteiger charge is -2.14. The summed E-state index contributed by atoms with van der Waals surface area (Å²) >= 11 is 5.27. The first-order valence-electron chi connectivity index (χ1n) is 10.7. The zero-order valence-electron chi connectivity index (χ0n) is 18.4. The molecule has 0 aliphatic heterocycles. The van der Waals surface area contributed by atoms with Crippen LogP contribution in [0.2, 0.25) is 0 Å². The number of nitrogens with one attached hydrogen (secondary N) is 2. The van der Waals surface area contributed by atoms with Crippen LogP contribution in [-0.4, -0.2) is 16.3 Å². The van der Waals surface area contributed by atoms with Gasteiger partial charge in [-0.25, -0.2) is 0 Å². The molecule has 1 heterocycles. The number of aromatic nitrogens is 1. The normalized spacial score (nSPS) is 10.6. The number of thiocarbonyl (C=S) groups is 1. The maximum absolute atomic E-state index is 6.11. The van der Waals surface area contributed by atoms with Crippen molar-refractivity contribution in [1.82, 2.24) is 10.4 Å². The van der Waals surface area contributed by atoms with Gasteiger partial charge < -0.3 is 14.8 Å². The third kappa shape index (κ3) is 7.15. The molecule has 0 radical (unpaired) electrons. The molecule has 0 unspecified atom stereocenters. The summed E-state index contributed by atoms with van der Waals surface area (Å²) in [6.07, 6.45) is 5.06. The van der Waals surface area contributed by atoms with Crippen LogP contribution in [0.5, 0.6) is 11.5 Å². The highest BCUT2D eigenvalue weighted by atomic mass is 32.1. The molecule has 170 valence electrons. The van der Waals surface area contributed by atoms with Crippen LogP contribution in [-0.2, 0) is 13.2 Å². The van der Waals surface area contributed by atoms with E-state index in [0.29, 0.717) is 29.8 Å². The molecule has 0 saturated heterocycles. The van der Waals surface area contributed by atoms with Crippen LogP contribution in [0.25, 0.3) is 0 Å². The van der Waals surface area contributed by atoms with Crippen molar-refractivity contribution in [3.63, 3.8) is 0 Å². The van der Waals surface area contributed by atoms with Crippen LogP contribution < -0.4 is 20.2 Å². The van der Waals surface area contributed by atoms with Crippen molar-refractivity contribution >= 4 is 29.2 Å². The molecule has 4 rings (SSSR count). The summed E-state index contributed by atoms with van der Waals surface area (Å²) in [5, 5.41) is 7.61. The van der Waals surface area contributed by atoms with Gasteiger partial charge in [0.1, 0.15) is 13.2 Å². The van der Waals surface area contributed by atoms with Gasteiger partial charge in [0.2, 0.25) is 0 Å². The number of nitrogens with zero attached hydrogens (tertiary/aromatic N) is 2. The van der Waals surface area contributed by atoms with Gasteiger partial charge in [-0.2, -0.15) is 5.10 Å². The maximum Gasteiger partial charge on any atom is 0.191 e. The van der Waals surface area contributed by atoms with Crippen molar-refractivity contribution < 1.29 is 9.47 Å². The molecule has 2 N–H and O–H groups in total. The first-order valence-corrected chi connectivity index (χ1v) is 11.1. The standard InChI is InChI=1S/C27H24N4O2S/c34-27(30-24-12-7-15-28-18-24)31-29-17-23-13-14-25(32-19-21-8-3-1-4-9-21)26(16-23)33-20-22-10-5-2-6-11-22/h1-18H,19-20H2,(H2,30,31,34)/b29-17+. The average molecular weight is 469 g/mol. The smallest absolute Gasteiger partial charge is 0.191 e. The number of benzene rings is 3. The van der Waals surface area contributed by atoms with Gasteiger partial charge in [-0.3, -0.25) is 10.4 Å². The number of hydrogen-bond donors (Lipinski definition) is 2. The largest absolute Gasteiger partial charge is 0.485 e. The Kier molecular flexibility index (Phi) is 8.19. The molecule has 0 saturated carbocycles. The number of ether oxygens (including phenoxy) is 2. The van der Waals surface area contributed by atoms with Crippen LogP contribution in [0, 0.1) is 0 Å². The number of hydrazone groups is 1. The lowest BCUT2D eigenvalue weighted by molar-refractivity contribution is 0.256. The van der Waals surface area contributed by atoms with Gasteiger partial charge in [-0.1, -0.05) is 60.7 Å². The fourth-order valence-corrected chi connectivity index (χ4v) is 3.24. The van der Waals surface area contributed by atoms with Crippen molar-refractivity contribution in [3.8, 4) is 11.5 Å². The van der Waals surface area contributed by atoms with E-state index >= 15 is 0 Å². The Morgan fingerprint density at radius 3 is 2.15 bits per heavy atom. The van der Waals surface area contributed by atoms with Crippen LogP contribution in [0.3, 0.4) is 0 Å². The maximum atomic E-state index is 6.11. The minimum Gasteiger partial charge on any atom is -0.485 e. The van der Waals surface area contributed by atoms with E-state index in [9.17, 15) is 0 Å². The molecule has 6 nitrogen and oxygen atoms in total. The Labute approximate surface area is 204 Å². The monoisotopic (exact) mass is 468 g/mol. The predicted molar refractivity (Wildman–Crippen MR) is 139 cm³/mol. The van der Waals surface area contributed by atoms with E-state index in [1.165, 1.54) is 0 Å². The second-order valence-corrected chi connectivity index (χ2v) is 7.73. The topological polar surface area (TPSA) is 67.8 Å². The van der Waals surface area contributed by atoms with E-state index in [0.717, 1.165) is 22.4 Å². The van der Waals surface area contributed by atoms with Gasteiger partial charge >= 0.3 is 0 Å². The van der Waals surface area contributed by atoms with Gasteiger partial charge in [0, 0.05) is 6.20 Å². The summed E-state index contributed by atoms with van der Waals surface area (Å²) in [5.74, 6) is 1.30. The van der Waals surface area contributed by atoms with Crippen LogP contribution in [0.15, 0.2) is 108 Å². The van der Waals surface area contributed by atoms with E-state index in [1.54, 1.807) is 18.6 Å². The molecular formula is C27H24N4O2S. The molecule has 0 aliphatic rings. The molecule has 0 atom stereocenters. The zero-order valence-corrected chi connectivity index (χ0v) is 19.2. The van der Waals surface area contributed by atoms with Gasteiger partial charge in [0.15, 0.2) is 16.6 Å². The number of hydrogen-bond acceptors (Lipinski definition) is 5. The highest BCUT2D eigenvalue weighted by Gasteiger charge is 2.08. The zero-order chi connectivity index (χ0) is 23.4. The summed E-state index contributed by atoms with van der Waals surface area (Å²) < 4.78 is 12.2. The molecule has 3 aromatic carbocycles. The summed E-state index contributed by atoms with van der Waals surface area (Å²) in [5.41, 5.74) is 6.59. The summed E-state index contributed by atoms with van der Waals surface area (Å²) in [6, 6.07) is 29.4. The second kappa shape index (κ2) is 12.1. The van der Waals surface area contributed by atoms with Crippen molar-refractivity contribution in [1.29, 1.82) is 0 Å². The van der Waals surface area contributed by atoms with E-state index in [-0.39, 0.29) is 0 Å². The lowest BCUT2D eigenvalue weighted by atomic mass is 10.2. The molecule has 34 heavy (non-hydrogen) atoms. The minimum atomic E-state index is 0.368. The van der Waals surface area contributed by atoms with Crippen molar-refractivity contribution in [2.75, 3.05) is 5.32 Å². The Bertz CT molecular complexity index is 1220. The second-order valence-electron chi connectivity index (χ2n) is 7.32. The van der Waals surface area contributed by atoms with E-state index in [4.69, 9.17) is 21.7 Å². The van der Waals surface area contributed by atoms with Crippen LogP contribution in [0.1, 0.15) is 16.7 Å². The van der Waals surface area contributed by atoms with Crippen molar-refractivity contribution in [2.24, 2.45) is 5.10 Å². The molecule has 7 heteroatoms. The van der Waals surface area contributed by atoms with Crippen molar-refractivity contribution in [2.45, 2.75) is 13.2 Å². The fourth-order valence-electron chi connectivity index (χ4n) is 3.07. The van der Waals surface area contributed by atoms with E-state index in [1.807, 2.05) is 91.0 Å². The quantitative estimate of drug-likeness (QED) is 0.190. The highest BCUT2D eigenvalue weighted by molar-refractivity contribution is 7.80. The van der Waals surface area contributed by atoms with Crippen molar-refractivity contribution in [3.05, 3.63) is 120 Å². The predicted octanol–water partition coefficient (Wildman–Crippen LogP) is 5.56. The number of pyridine rings is 1. The molecule has 0 bridgehead atoms. The van der Waals surface area contributed by atoms with E-state index in [2.05, 4.69) is 20.8 Å². The summed E-state index contributed by atoms with van der Waals surface area (Å²) in [7, 11) is 0. The molecule has 0 amide bonds. The molecule has 0 spiro atoms. The Hall–Kier alpha value is -4.23. The molecule has 0 aliphatic carbocycles. The SMILES string of the molecule is S=C(N/N=C/c1ccc(OCc2ccccc2)c(OCc2ccccc2)c1)Nc1cccnc1. The first-order chi connectivity index (χ1) is 16.8. The molecule has 4 aromatic rings. The highest BCUT2D eigenvalue weighted by Crippen LogP contribution is 2.29. The lowest BCUT2D eigenvalue weighted by Crippen LogP contribution is -2.23. The third-order valence-corrected chi connectivity index (χ3v) is 4.93. The van der Waals surface area contributed by atoms with Gasteiger partial charge in [0.25, 0.3) is 0 Å².